The number of H-pyrrole nitrogens is 2. The number of esters is 1. The van der Waals surface area contributed by atoms with Crippen LogP contribution in [0.25, 0.3) is 0 Å². The summed E-state index contributed by atoms with van der Waals surface area (Å²) in [5, 5.41) is 2.45. The highest BCUT2D eigenvalue weighted by atomic mass is 35.5. The monoisotopic (exact) mass is 1130 g/mol. The summed E-state index contributed by atoms with van der Waals surface area (Å²) >= 11 is 6.33. The lowest BCUT2D eigenvalue weighted by atomic mass is 9.79. The summed E-state index contributed by atoms with van der Waals surface area (Å²) in [7, 11) is -3.15. The van der Waals surface area contributed by atoms with Crippen LogP contribution < -0.4 is 37.3 Å². The number of nitrogens with one attached hydrogen (secondary N) is 3. The van der Waals surface area contributed by atoms with Crippen molar-refractivity contribution in [1.29, 1.82) is 0 Å². The van der Waals surface area contributed by atoms with Crippen molar-refractivity contribution < 1.29 is 56.4 Å². The molecule has 6 aromatic rings. The molecule has 4 N–H and O–H groups in total. The van der Waals surface area contributed by atoms with E-state index in [0.29, 0.717) is 22.6 Å². The van der Waals surface area contributed by atoms with Gasteiger partial charge >= 0.3 is 25.6 Å². The third-order valence-electron chi connectivity index (χ3n) is 14.4. The molecule has 9 atom stereocenters. The summed E-state index contributed by atoms with van der Waals surface area (Å²) in [5.41, 5.74) is -2.47. The Kier molecular flexibility index (Phi) is 17.7. The van der Waals surface area contributed by atoms with Crippen molar-refractivity contribution in [2.75, 3.05) is 27.4 Å². The highest BCUT2D eigenvalue weighted by molar-refractivity contribution is 7.32. The summed E-state index contributed by atoms with van der Waals surface area (Å²) in [6, 6.07) is 32.5. The van der Waals surface area contributed by atoms with E-state index in [9.17, 15) is 38.2 Å². The number of amides is 1. The number of rotatable bonds is 20. The van der Waals surface area contributed by atoms with E-state index in [-0.39, 0.29) is 23.6 Å². The molecule has 0 aliphatic carbocycles. The van der Waals surface area contributed by atoms with Gasteiger partial charge in [0, 0.05) is 48.0 Å². The molecular formula is C54H60ClN5O16PSi+. The van der Waals surface area contributed by atoms with Crippen molar-refractivity contribution in [2.45, 2.75) is 93.9 Å². The minimum absolute atomic E-state index is 0.0176. The van der Waals surface area contributed by atoms with E-state index in [2.05, 4.69) is 15.3 Å². The zero-order chi connectivity index (χ0) is 56.1. The maximum atomic E-state index is 14.8. The molecule has 24 heteroatoms. The summed E-state index contributed by atoms with van der Waals surface area (Å²) in [4.78, 5) is 94.7. The first-order valence-electron chi connectivity index (χ1n) is 24.8. The second-order valence-corrected chi connectivity index (χ2v) is 26.0. The van der Waals surface area contributed by atoms with Gasteiger partial charge in [-0.15, -0.1) is 9.42 Å². The minimum Gasteiger partial charge on any atom is -0.497 e. The fourth-order valence-corrected chi connectivity index (χ4v) is 11.4. The molecule has 0 spiro atoms. The van der Waals surface area contributed by atoms with E-state index in [1.807, 2.05) is 113 Å². The number of aromatic nitrogens is 4. The number of carbonyl (C=O) groups is 2. The molecule has 2 fully saturated rings. The summed E-state index contributed by atoms with van der Waals surface area (Å²) < 4.78 is 64.7. The van der Waals surface area contributed by atoms with Crippen LogP contribution in [0.1, 0.15) is 66.7 Å². The number of aromatic amines is 2. The largest absolute Gasteiger partial charge is 0.695 e. The summed E-state index contributed by atoms with van der Waals surface area (Å²) in [6.45, 7) is 9.43. The maximum Gasteiger partial charge on any atom is 0.695 e. The van der Waals surface area contributed by atoms with Crippen molar-refractivity contribution >= 4 is 40.0 Å². The van der Waals surface area contributed by atoms with Crippen molar-refractivity contribution in [3.05, 3.63) is 197 Å². The van der Waals surface area contributed by atoms with Gasteiger partial charge in [0.05, 0.1) is 43.6 Å². The average molecular weight is 1130 g/mol. The standard InChI is InChI=1S/C54H59ClN5O16PSi/c1-53(2,3)78(6,7)76-45-38(29-44(63)56-30-40-46(75-77(67)68)47(74-50(64)37-15-11-12-16-39(37)55)49(72-40)60-28-26-43(62)58-52(60)66)41(73-48(45)59-27-25-42(61)57-51(59)65)31-71-54(32-13-9-8-10-14-32,33-17-21-35(69-4)22-18-33)34-19-23-36(70-5)24-20-34/h8-28,38,40-41,45-49H,29-31H2,1-7H3,(H3-,56,57,58,61,62,63,65,66,67,68)/p+1/t38-,40-,41-,45-,46-,47-,48-,49-/m1/s1. The van der Waals surface area contributed by atoms with Gasteiger partial charge in [0.2, 0.25) is 5.91 Å². The Balaban J connectivity index is 1.18. The zero-order valence-electron chi connectivity index (χ0n) is 43.7. The number of methoxy groups -OCH3 is 2. The van der Waals surface area contributed by atoms with E-state index < -0.39 is 117 Å². The molecule has 0 saturated carbocycles. The number of hydrogen-bond donors (Lipinski definition) is 4. The molecule has 412 valence electrons. The smallest absolute Gasteiger partial charge is 0.497 e. The van der Waals surface area contributed by atoms with Gasteiger partial charge in [0.15, 0.2) is 33.0 Å². The highest BCUT2D eigenvalue weighted by Crippen LogP contribution is 2.47. The molecule has 0 bridgehead atoms. The van der Waals surface area contributed by atoms with Crippen LogP contribution in [-0.2, 0) is 42.9 Å². The summed E-state index contributed by atoms with van der Waals surface area (Å²) in [6.07, 6.45) is -7.47. The van der Waals surface area contributed by atoms with E-state index in [1.54, 1.807) is 20.3 Å². The van der Waals surface area contributed by atoms with Crippen molar-refractivity contribution in [2.24, 2.45) is 5.92 Å². The van der Waals surface area contributed by atoms with Gasteiger partial charge < -0.3 is 38.2 Å². The lowest BCUT2D eigenvalue weighted by Gasteiger charge is -2.41. The lowest BCUT2D eigenvalue weighted by Crippen LogP contribution is -2.49. The van der Waals surface area contributed by atoms with Crippen LogP contribution in [0.2, 0.25) is 23.2 Å². The maximum absolute atomic E-state index is 14.8. The van der Waals surface area contributed by atoms with Crippen molar-refractivity contribution in [3.8, 4) is 11.5 Å². The van der Waals surface area contributed by atoms with E-state index in [1.165, 1.54) is 35.0 Å². The molecule has 8 rings (SSSR count). The molecule has 21 nitrogen and oxygen atoms in total. The first-order valence-corrected chi connectivity index (χ1v) is 29.2. The average Bonchev–Trinajstić information content (AvgIpc) is 3.90. The molecule has 78 heavy (non-hydrogen) atoms. The zero-order valence-corrected chi connectivity index (χ0v) is 46.3. The highest BCUT2D eigenvalue weighted by Gasteiger charge is 2.55. The Bertz CT molecular complexity index is 3300. The minimum atomic E-state index is -3.44. The van der Waals surface area contributed by atoms with Crippen LogP contribution >= 0.6 is 19.9 Å². The number of ether oxygens (including phenoxy) is 6. The number of halogens is 1. The van der Waals surface area contributed by atoms with Crippen molar-refractivity contribution in [1.82, 2.24) is 24.4 Å². The SMILES string of the molecule is COc1ccc(C(OC[C@H]2O[C@@H](n3ccc(=O)[nH]c3=O)[C@H](O[Si](C)(C)C(C)(C)C)[C@@H]2CC(=O)NC[C@H]2O[C@@H](n3ccc(=O)[nH]c3=O)[C@H](OC(=O)c3ccccc3Cl)[C@@H]2O[P+](=O)O)(c2ccccc2)c2ccc(OC)cc2)cc1. The first kappa shape index (κ1) is 57.3. The van der Waals surface area contributed by atoms with Gasteiger partial charge in [-0.3, -0.25) is 33.5 Å². The molecule has 2 saturated heterocycles. The number of carbonyl (C=O) groups excluding carboxylic acids is 2. The lowest BCUT2D eigenvalue weighted by molar-refractivity contribution is -0.125. The van der Waals surface area contributed by atoms with Crippen LogP contribution in [0.15, 0.2) is 147 Å². The molecule has 2 aliphatic heterocycles. The fourth-order valence-electron chi connectivity index (χ4n) is 9.38. The van der Waals surface area contributed by atoms with E-state index in [0.717, 1.165) is 22.4 Å². The Labute approximate surface area is 454 Å². The van der Waals surface area contributed by atoms with Crippen LogP contribution in [0.5, 0.6) is 11.5 Å². The molecular weight excluding hydrogens is 1070 g/mol. The Morgan fingerprint density at radius 2 is 1.23 bits per heavy atom. The molecule has 1 amide bonds. The molecule has 4 heterocycles. The van der Waals surface area contributed by atoms with Crippen LogP contribution in [0.4, 0.5) is 0 Å². The van der Waals surface area contributed by atoms with E-state index in [4.69, 9.17) is 49.0 Å². The predicted octanol–water partition coefficient (Wildman–Crippen LogP) is 6.33. The molecule has 4 aromatic carbocycles. The topological polar surface area (TPSA) is 267 Å². The first-order chi connectivity index (χ1) is 37.1. The molecule has 1 unspecified atom stereocenters. The van der Waals surface area contributed by atoms with Gasteiger partial charge in [-0.2, -0.15) is 0 Å². The van der Waals surface area contributed by atoms with Crippen LogP contribution in [0.3, 0.4) is 0 Å². The second kappa shape index (κ2) is 24.0. The Hall–Kier alpha value is -6.85. The Morgan fingerprint density at radius 1 is 0.718 bits per heavy atom. The van der Waals surface area contributed by atoms with Crippen LogP contribution in [-0.4, -0.2) is 102 Å². The molecule has 2 aromatic heterocycles. The number of benzene rings is 4. The number of hydrogen-bond acceptors (Lipinski definition) is 15. The van der Waals surface area contributed by atoms with Gasteiger partial charge in [0.1, 0.15) is 23.2 Å². The quantitative estimate of drug-likeness (QED) is 0.0281. The fraction of sp³-hybridized carbons (Fsp3) is 0.370. The van der Waals surface area contributed by atoms with Gasteiger partial charge in [-0.25, -0.2) is 14.4 Å². The van der Waals surface area contributed by atoms with Crippen LogP contribution in [0, 0.1) is 5.92 Å². The second-order valence-electron chi connectivity index (χ2n) is 20.2. The molecule has 0 radical (unpaired) electrons. The third kappa shape index (κ3) is 12.4. The van der Waals surface area contributed by atoms with Gasteiger partial charge in [0.25, 0.3) is 11.1 Å². The Morgan fingerprint density at radius 3 is 1.74 bits per heavy atom. The third-order valence-corrected chi connectivity index (χ3v) is 19.6. The van der Waals surface area contributed by atoms with Gasteiger partial charge in [-0.1, -0.05) is 99.1 Å². The number of nitrogens with zero attached hydrogens (tertiary/aromatic N) is 2. The van der Waals surface area contributed by atoms with Gasteiger partial charge in [-0.05, 0) is 71.2 Å². The van der Waals surface area contributed by atoms with E-state index >= 15 is 0 Å². The predicted molar refractivity (Wildman–Crippen MR) is 287 cm³/mol. The summed E-state index contributed by atoms with van der Waals surface area (Å²) in [5.74, 6) is -1.35. The normalized spacial score (nSPS) is 21.7. The van der Waals surface area contributed by atoms with Crippen molar-refractivity contribution in [3.63, 3.8) is 0 Å². The molecule has 2 aliphatic rings.